The lowest BCUT2D eigenvalue weighted by atomic mass is 10.1. The number of aryl methyl sites for hydroxylation is 2. The number of nitrogens with zero attached hydrogens (tertiary/aromatic N) is 3. The lowest BCUT2D eigenvalue weighted by Gasteiger charge is -2.13. The van der Waals surface area contributed by atoms with Crippen molar-refractivity contribution in [1.29, 1.82) is 0 Å². The third-order valence-electron chi connectivity index (χ3n) is 4.15. The summed E-state index contributed by atoms with van der Waals surface area (Å²) < 4.78 is 7.17. The van der Waals surface area contributed by atoms with Gasteiger partial charge in [0, 0.05) is 35.8 Å². The van der Waals surface area contributed by atoms with Gasteiger partial charge >= 0.3 is 0 Å². The Balaban J connectivity index is 1.71. The van der Waals surface area contributed by atoms with E-state index in [2.05, 4.69) is 15.4 Å². The maximum atomic E-state index is 12.6. The Kier molecular flexibility index (Phi) is 5.31. The Labute approximate surface area is 152 Å². The van der Waals surface area contributed by atoms with Crippen LogP contribution in [0.15, 0.2) is 48.8 Å². The number of nitrogens with one attached hydrogen (secondary N) is 1. The topological polar surface area (TPSA) is 69.0 Å². The number of hydrogen-bond donors (Lipinski definition) is 1. The number of benzene rings is 1. The monoisotopic (exact) mass is 350 g/mol. The van der Waals surface area contributed by atoms with Gasteiger partial charge in [0.25, 0.3) is 5.91 Å². The second-order valence-corrected chi connectivity index (χ2v) is 6.16. The van der Waals surface area contributed by atoms with E-state index in [4.69, 9.17) is 4.74 Å². The van der Waals surface area contributed by atoms with Crippen molar-refractivity contribution in [2.45, 2.75) is 26.9 Å². The molecule has 0 aliphatic carbocycles. The zero-order valence-electron chi connectivity index (χ0n) is 15.2. The first-order valence-corrected chi connectivity index (χ1v) is 8.42. The molecule has 0 aliphatic rings. The van der Waals surface area contributed by atoms with Crippen LogP contribution in [0.1, 0.15) is 32.7 Å². The van der Waals surface area contributed by atoms with Gasteiger partial charge in [0.05, 0.1) is 13.7 Å². The number of carbonyl (C=O) groups is 1. The predicted molar refractivity (Wildman–Crippen MR) is 99.2 cm³/mol. The molecule has 0 unspecified atom stereocenters. The van der Waals surface area contributed by atoms with Crippen LogP contribution in [0.5, 0.6) is 5.88 Å². The van der Waals surface area contributed by atoms with E-state index in [0.29, 0.717) is 24.5 Å². The van der Waals surface area contributed by atoms with Gasteiger partial charge in [0.1, 0.15) is 0 Å². The molecule has 1 aromatic carbocycles. The van der Waals surface area contributed by atoms with E-state index < -0.39 is 0 Å². The van der Waals surface area contributed by atoms with Crippen LogP contribution in [-0.2, 0) is 13.1 Å². The first kappa shape index (κ1) is 17.7. The second-order valence-electron chi connectivity index (χ2n) is 6.16. The average molecular weight is 350 g/mol. The summed E-state index contributed by atoms with van der Waals surface area (Å²) in [6, 6.07) is 11.4. The van der Waals surface area contributed by atoms with Crippen LogP contribution in [0.4, 0.5) is 0 Å². The summed E-state index contributed by atoms with van der Waals surface area (Å²) in [6.45, 7) is 4.90. The normalized spacial score (nSPS) is 10.6. The number of ether oxygens (including phenoxy) is 1. The maximum absolute atomic E-state index is 12.6. The quantitative estimate of drug-likeness (QED) is 0.742. The highest BCUT2D eigenvalue weighted by Crippen LogP contribution is 2.20. The molecule has 6 nitrogen and oxygen atoms in total. The minimum atomic E-state index is -0.130. The lowest BCUT2D eigenvalue weighted by Crippen LogP contribution is -2.24. The van der Waals surface area contributed by atoms with Gasteiger partial charge in [0.2, 0.25) is 5.88 Å². The van der Waals surface area contributed by atoms with Crippen LogP contribution < -0.4 is 10.1 Å². The molecule has 0 atom stereocenters. The van der Waals surface area contributed by atoms with Gasteiger partial charge in [-0.15, -0.1) is 0 Å². The summed E-state index contributed by atoms with van der Waals surface area (Å²) >= 11 is 0. The van der Waals surface area contributed by atoms with Crippen molar-refractivity contribution in [3.63, 3.8) is 0 Å². The summed E-state index contributed by atoms with van der Waals surface area (Å²) in [4.78, 5) is 16.9. The molecule has 0 radical (unpaired) electrons. The fourth-order valence-corrected chi connectivity index (χ4v) is 2.88. The Hall–Kier alpha value is -3.15. The molecule has 3 aromatic rings. The number of carbonyl (C=O) groups excluding carboxylic acids is 1. The molecule has 1 amide bonds. The van der Waals surface area contributed by atoms with E-state index in [1.165, 1.54) is 0 Å². The van der Waals surface area contributed by atoms with Crippen LogP contribution in [0, 0.1) is 13.8 Å². The SMILES string of the molecule is COc1nc(C)cc(C)c1CNC(=O)c1cccc(Cn2cccn2)c1. The number of methoxy groups -OCH3 is 1. The minimum absolute atomic E-state index is 0.130. The summed E-state index contributed by atoms with van der Waals surface area (Å²) in [5, 5.41) is 7.15. The van der Waals surface area contributed by atoms with Crippen LogP contribution in [-0.4, -0.2) is 27.8 Å². The lowest BCUT2D eigenvalue weighted by molar-refractivity contribution is 0.0950. The smallest absolute Gasteiger partial charge is 0.251 e. The van der Waals surface area contributed by atoms with Crippen molar-refractivity contribution in [1.82, 2.24) is 20.1 Å². The summed E-state index contributed by atoms with van der Waals surface area (Å²) in [7, 11) is 1.59. The molecule has 0 saturated carbocycles. The number of amides is 1. The highest BCUT2D eigenvalue weighted by molar-refractivity contribution is 5.94. The van der Waals surface area contributed by atoms with Gasteiger partial charge in [-0.25, -0.2) is 4.98 Å². The zero-order chi connectivity index (χ0) is 18.5. The molecule has 0 spiro atoms. The minimum Gasteiger partial charge on any atom is -0.481 e. The Bertz CT molecular complexity index is 904. The summed E-state index contributed by atoms with van der Waals surface area (Å²) in [6.07, 6.45) is 3.63. The zero-order valence-corrected chi connectivity index (χ0v) is 15.2. The average Bonchev–Trinajstić information content (AvgIpc) is 3.13. The third-order valence-corrected chi connectivity index (χ3v) is 4.15. The van der Waals surface area contributed by atoms with E-state index in [1.54, 1.807) is 19.4 Å². The molecule has 0 bridgehead atoms. The predicted octanol–water partition coefficient (Wildman–Crippen LogP) is 2.88. The Morgan fingerprint density at radius 3 is 2.81 bits per heavy atom. The van der Waals surface area contributed by atoms with E-state index in [9.17, 15) is 4.79 Å². The van der Waals surface area contributed by atoms with E-state index in [-0.39, 0.29) is 5.91 Å². The highest BCUT2D eigenvalue weighted by atomic mass is 16.5. The fraction of sp³-hybridized carbons (Fsp3) is 0.250. The van der Waals surface area contributed by atoms with Crippen molar-refractivity contribution >= 4 is 5.91 Å². The third kappa shape index (κ3) is 4.08. The molecular formula is C20H22N4O2. The largest absolute Gasteiger partial charge is 0.481 e. The van der Waals surface area contributed by atoms with Crippen molar-refractivity contribution < 1.29 is 9.53 Å². The van der Waals surface area contributed by atoms with Gasteiger partial charge in [-0.1, -0.05) is 12.1 Å². The Morgan fingerprint density at radius 1 is 1.23 bits per heavy atom. The van der Waals surface area contributed by atoms with E-state index in [1.807, 2.05) is 55.1 Å². The molecule has 26 heavy (non-hydrogen) atoms. The Morgan fingerprint density at radius 2 is 2.08 bits per heavy atom. The molecular weight excluding hydrogens is 328 g/mol. The molecule has 2 heterocycles. The molecule has 0 aliphatic heterocycles. The molecule has 2 aromatic heterocycles. The van der Waals surface area contributed by atoms with Crippen LogP contribution >= 0.6 is 0 Å². The standard InChI is InChI=1S/C20H22N4O2/c1-14-10-15(2)23-20(26-3)18(14)12-21-19(25)17-7-4-6-16(11-17)13-24-9-5-8-22-24/h4-11H,12-13H2,1-3H3,(H,21,25). The number of aromatic nitrogens is 3. The molecule has 6 heteroatoms. The second kappa shape index (κ2) is 7.82. The first-order chi connectivity index (χ1) is 12.6. The van der Waals surface area contributed by atoms with Crippen LogP contribution in [0.25, 0.3) is 0 Å². The van der Waals surface area contributed by atoms with Crippen LogP contribution in [0.2, 0.25) is 0 Å². The molecule has 0 saturated heterocycles. The van der Waals surface area contributed by atoms with Crippen molar-refractivity contribution in [2.75, 3.05) is 7.11 Å². The molecule has 1 N–H and O–H groups in total. The van der Waals surface area contributed by atoms with E-state index in [0.717, 1.165) is 22.4 Å². The highest BCUT2D eigenvalue weighted by Gasteiger charge is 2.12. The molecule has 3 rings (SSSR count). The summed E-state index contributed by atoms with van der Waals surface area (Å²) in [5.74, 6) is 0.421. The van der Waals surface area contributed by atoms with Crippen molar-refractivity contribution in [3.05, 3.63) is 76.7 Å². The number of rotatable bonds is 6. The first-order valence-electron chi connectivity index (χ1n) is 8.42. The van der Waals surface area contributed by atoms with Gasteiger partial charge in [-0.05, 0) is 49.2 Å². The maximum Gasteiger partial charge on any atom is 0.251 e. The molecule has 0 fully saturated rings. The van der Waals surface area contributed by atoms with E-state index >= 15 is 0 Å². The number of pyridine rings is 1. The van der Waals surface area contributed by atoms with Crippen molar-refractivity contribution in [2.24, 2.45) is 0 Å². The van der Waals surface area contributed by atoms with Crippen LogP contribution in [0.3, 0.4) is 0 Å². The van der Waals surface area contributed by atoms with Gasteiger partial charge in [0.15, 0.2) is 0 Å². The van der Waals surface area contributed by atoms with Gasteiger partial charge in [-0.3, -0.25) is 9.48 Å². The van der Waals surface area contributed by atoms with Gasteiger partial charge < -0.3 is 10.1 Å². The van der Waals surface area contributed by atoms with Gasteiger partial charge in [-0.2, -0.15) is 5.10 Å². The number of hydrogen-bond acceptors (Lipinski definition) is 4. The fourth-order valence-electron chi connectivity index (χ4n) is 2.88. The molecule has 134 valence electrons. The summed E-state index contributed by atoms with van der Waals surface area (Å²) in [5.41, 5.74) is 4.46. The van der Waals surface area contributed by atoms with Crippen molar-refractivity contribution in [3.8, 4) is 5.88 Å².